The van der Waals surface area contributed by atoms with Crippen LogP contribution in [0.1, 0.15) is 12.5 Å². The van der Waals surface area contributed by atoms with Gasteiger partial charge in [0, 0.05) is 38.7 Å². The van der Waals surface area contributed by atoms with Gasteiger partial charge in [0.15, 0.2) is 5.76 Å². The minimum absolute atomic E-state index is 0.00171. The van der Waals surface area contributed by atoms with Gasteiger partial charge in [-0.3, -0.25) is 4.79 Å². The van der Waals surface area contributed by atoms with Gasteiger partial charge in [-0.25, -0.2) is 4.98 Å². The Morgan fingerprint density at radius 3 is 2.46 bits per heavy atom. The van der Waals surface area contributed by atoms with Crippen LogP contribution in [0.2, 0.25) is 0 Å². The highest BCUT2D eigenvalue weighted by Gasteiger charge is 2.34. The van der Waals surface area contributed by atoms with Crippen LogP contribution >= 0.6 is 0 Å². The lowest BCUT2D eigenvalue weighted by molar-refractivity contribution is -0.137. The number of halogens is 3. The van der Waals surface area contributed by atoms with E-state index in [1.807, 2.05) is 4.90 Å². The number of alkyl halides is 3. The van der Waals surface area contributed by atoms with Crippen molar-refractivity contribution in [1.82, 2.24) is 9.88 Å². The monoisotopic (exact) mass is 339 g/mol. The number of carbonyl (C=O) groups excluding carboxylic acids is 1. The summed E-state index contributed by atoms with van der Waals surface area (Å²) in [5.74, 6) is 0.0776. The fourth-order valence-corrected chi connectivity index (χ4v) is 2.69. The molecule has 128 valence electrons. The maximum atomic E-state index is 13.1. The van der Waals surface area contributed by atoms with E-state index < -0.39 is 11.7 Å². The van der Waals surface area contributed by atoms with Gasteiger partial charge in [-0.15, -0.1) is 0 Å². The van der Waals surface area contributed by atoms with Crippen molar-refractivity contribution in [3.8, 4) is 11.3 Å². The van der Waals surface area contributed by atoms with Gasteiger partial charge in [0.2, 0.25) is 5.91 Å². The molecule has 1 aliphatic heterocycles. The first-order valence-corrected chi connectivity index (χ1v) is 7.49. The van der Waals surface area contributed by atoms with Crippen LogP contribution in [0, 0.1) is 0 Å². The van der Waals surface area contributed by atoms with Crippen molar-refractivity contribution >= 4 is 11.9 Å². The van der Waals surface area contributed by atoms with Crippen LogP contribution in [0.5, 0.6) is 0 Å². The second kappa shape index (κ2) is 6.18. The van der Waals surface area contributed by atoms with Crippen LogP contribution in [-0.2, 0) is 11.0 Å². The smallest absolute Gasteiger partial charge is 0.417 e. The Morgan fingerprint density at radius 1 is 1.17 bits per heavy atom. The average Bonchev–Trinajstić information content (AvgIpc) is 3.04. The van der Waals surface area contributed by atoms with Crippen molar-refractivity contribution in [2.45, 2.75) is 13.1 Å². The first-order chi connectivity index (χ1) is 11.4. The summed E-state index contributed by atoms with van der Waals surface area (Å²) in [4.78, 5) is 18.9. The number of rotatable bonds is 2. The van der Waals surface area contributed by atoms with Crippen molar-refractivity contribution in [3.63, 3.8) is 0 Å². The zero-order chi connectivity index (χ0) is 17.3. The number of piperazine rings is 1. The number of oxazole rings is 1. The Kier molecular flexibility index (Phi) is 4.21. The molecule has 0 spiro atoms. The molecule has 2 aromatic rings. The standard InChI is InChI=1S/C16H16F3N3O2/c1-11(23)21-6-8-22(9-7-21)15-20-10-14(24-15)12-4-2-3-5-13(12)16(17,18)19/h2-5,10H,6-9H2,1H3. The lowest BCUT2D eigenvalue weighted by Crippen LogP contribution is -2.48. The first-order valence-electron chi connectivity index (χ1n) is 7.49. The highest BCUT2D eigenvalue weighted by Crippen LogP contribution is 2.37. The van der Waals surface area contributed by atoms with Gasteiger partial charge in [0.25, 0.3) is 6.01 Å². The number of hydrogen-bond acceptors (Lipinski definition) is 4. The number of benzene rings is 1. The second-order valence-electron chi connectivity index (χ2n) is 5.54. The molecule has 1 fully saturated rings. The highest BCUT2D eigenvalue weighted by molar-refractivity contribution is 5.73. The van der Waals surface area contributed by atoms with Gasteiger partial charge < -0.3 is 14.2 Å². The van der Waals surface area contributed by atoms with E-state index in [4.69, 9.17) is 4.42 Å². The van der Waals surface area contributed by atoms with E-state index in [0.717, 1.165) is 6.07 Å². The summed E-state index contributed by atoms with van der Waals surface area (Å²) in [5.41, 5.74) is -0.791. The molecule has 24 heavy (non-hydrogen) atoms. The van der Waals surface area contributed by atoms with Gasteiger partial charge in [-0.05, 0) is 6.07 Å². The Balaban J connectivity index is 1.81. The molecule has 0 bridgehead atoms. The van der Waals surface area contributed by atoms with Crippen LogP contribution in [-0.4, -0.2) is 42.0 Å². The SMILES string of the molecule is CC(=O)N1CCN(c2ncc(-c3ccccc3C(F)(F)F)o2)CC1. The van der Waals surface area contributed by atoms with Crippen molar-refractivity contribution < 1.29 is 22.4 Å². The molecule has 0 N–H and O–H groups in total. The fourth-order valence-electron chi connectivity index (χ4n) is 2.69. The predicted molar refractivity (Wildman–Crippen MR) is 81.4 cm³/mol. The highest BCUT2D eigenvalue weighted by atomic mass is 19.4. The molecule has 1 aromatic carbocycles. The quantitative estimate of drug-likeness (QED) is 0.844. The lowest BCUT2D eigenvalue weighted by atomic mass is 10.1. The van der Waals surface area contributed by atoms with Crippen LogP contribution in [0.3, 0.4) is 0 Å². The third kappa shape index (κ3) is 3.22. The molecule has 3 rings (SSSR count). The molecule has 2 heterocycles. The molecule has 0 saturated carbocycles. The van der Waals surface area contributed by atoms with Crippen molar-refractivity contribution in [2.75, 3.05) is 31.1 Å². The lowest BCUT2D eigenvalue weighted by Gasteiger charge is -2.33. The van der Waals surface area contributed by atoms with Crippen molar-refractivity contribution in [3.05, 3.63) is 36.0 Å². The summed E-state index contributed by atoms with van der Waals surface area (Å²) < 4.78 is 44.9. The normalized spacial score (nSPS) is 15.7. The summed E-state index contributed by atoms with van der Waals surface area (Å²) in [6.45, 7) is 3.63. The first kappa shape index (κ1) is 16.4. The minimum Gasteiger partial charge on any atom is -0.423 e. The van der Waals surface area contributed by atoms with Gasteiger partial charge in [0.1, 0.15) is 0 Å². The number of nitrogens with zero attached hydrogens (tertiary/aromatic N) is 3. The molecule has 1 amide bonds. The van der Waals surface area contributed by atoms with Crippen LogP contribution < -0.4 is 4.90 Å². The fraction of sp³-hybridized carbons (Fsp3) is 0.375. The molecular formula is C16H16F3N3O2. The molecule has 0 atom stereocenters. The minimum atomic E-state index is -4.46. The van der Waals surface area contributed by atoms with Gasteiger partial charge in [-0.1, -0.05) is 18.2 Å². The third-order valence-electron chi connectivity index (χ3n) is 3.99. The van der Waals surface area contributed by atoms with Crippen molar-refractivity contribution in [1.29, 1.82) is 0 Å². The van der Waals surface area contributed by atoms with Crippen LogP contribution in [0.25, 0.3) is 11.3 Å². The molecule has 8 heteroatoms. The van der Waals surface area contributed by atoms with Gasteiger partial charge in [-0.2, -0.15) is 13.2 Å². The van der Waals surface area contributed by atoms with Crippen LogP contribution in [0.4, 0.5) is 19.2 Å². The molecule has 1 aromatic heterocycles. The molecule has 0 unspecified atom stereocenters. The predicted octanol–water partition coefficient (Wildman–Crippen LogP) is 3.03. The topological polar surface area (TPSA) is 49.6 Å². The van der Waals surface area contributed by atoms with E-state index in [1.165, 1.54) is 31.3 Å². The average molecular weight is 339 g/mol. The third-order valence-corrected chi connectivity index (χ3v) is 3.99. The molecule has 0 radical (unpaired) electrons. The van der Waals surface area contributed by atoms with Crippen LogP contribution in [0.15, 0.2) is 34.9 Å². The Hall–Kier alpha value is -2.51. The van der Waals surface area contributed by atoms with E-state index in [0.29, 0.717) is 26.2 Å². The number of carbonyl (C=O) groups is 1. The zero-order valence-corrected chi connectivity index (χ0v) is 13.0. The molecule has 1 saturated heterocycles. The van der Waals surface area contributed by atoms with E-state index in [9.17, 15) is 18.0 Å². The zero-order valence-electron chi connectivity index (χ0n) is 13.0. The summed E-state index contributed by atoms with van der Waals surface area (Å²) in [5, 5.41) is 0. The summed E-state index contributed by atoms with van der Waals surface area (Å²) >= 11 is 0. The van der Waals surface area contributed by atoms with E-state index in [2.05, 4.69) is 4.98 Å². The largest absolute Gasteiger partial charge is 0.423 e. The number of anilines is 1. The van der Waals surface area contributed by atoms with Crippen molar-refractivity contribution in [2.24, 2.45) is 0 Å². The molecule has 5 nitrogen and oxygen atoms in total. The molecule has 1 aliphatic rings. The Bertz CT molecular complexity index is 734. The second-order valence-corrected chi connectivity index (χ2v) is 5.54. The van der Waals surface area contributed by atoms with E-state index in [-0.39, 0.29) is 23.2 Å². The number of amides is 1. The number of aromatic nitrogens is 1. The van der Waals surface area contributed by atoms with E-state index >= 15 is 0 Å². The summed E-state index contributed by atoms with van der Waals surface area (Å²) in [7, 11) is 0. The molecule has 0 aliphatic carbocycles. The van der Waals surface area contributed by atoms with Gasteiger partial charge in [0.05, 0.1) is 11.8 Å². The number of hydrogen-bond donors (Lipinski definition) is 0. The maximum Gasteiger partial charge on any atom is 0.417 e. The maximum absolute atomic E-state index is 13.1. The van der Waals surface area contributed by atoms with E-state index in [1.54, 1.807) is 4.90 Å². The Morgan fingerprint density at radius 2 is 1.83 bits per heavy atom. The Labute approximate surface area is 136 Å². The van der Waals surface area contributed by atoms with Gasteiger partial charge >= 0.3 is 6.18 Å². The molecular weight excluding hydrogens is 323 g/mol. The summed E-state index contributed by atoms with van der Waals surface area (Å²) in [6.07, 6.45) is -3.16. The summed E-state index contributed by atoms with van der Waals surface area (Å²) in [6, 6.07) is 5.51.